The van der Waals surface area contributed by atoms with Gasteiger partial charge in [-0.25, -0.2) is 0 Å². The second-order valence-electron chi connectivity index (χ2n) is 4.73. The number of aromatic nitrogens is 1. The highest BCUT2D eigenvalue weighted by molar-refractivity contribution is 6.06. The number of para-hydroxylation sites is 1. The molecule has 1 unspecified atom stereocenters. The minimum atomic E-state index is 0.111. The number of rotatable bonds is 3. The van der Waals surface area contributed by atoms with Crippen LogP contribution in [0.1, 0.15) is 16.8 Å². The molecule has 3 rings (SSSR count). The van der Waals surface area contributed by atoms with Gasteiger partial charge in [-0.2, -0.15) is 0 Å². The van der Waals surface area contributed by atoms with Crippen LogP contribution in [-0.4, -0.2) is 36.6 Å². The van der Waals surface area contributed by atoms with Gasteiger partial charge in [0.1, 0.15) is 0 Å². The first-order chi connectivity index (χ1) is 9.34. The zero-order valence-electron chi connectivity index (χ0n) is 10.6. The zero-order chi connectivity index (χ0) is 13.1. The average Bonchev–Trinajstić information content (AvgIpc) is 2.47. The lowest BCUT2D eigenvalue weighted by Gasteiger charge is -2.23. The maximum Gasteiger partial charge on any atom is 0.166 e. The summed E-state index contributed by atoms with van der Waals surface area (Å²) in [6.45, 7) is 2.14. The van der Waals surface area contributed by atoms with E-state index in [0.717, 1.165) is 24.1 Å². The topological polar surface area (TPSA) is 51.2 Å². The van der Waals surface area contributed by atoms with E-state index in [-0.39, 0.29) is 11.8 Å². The SMILES string of the molecule is O=C(CC1COCCN1)c1cccc2cccnc12. The molecule has 0 saturated carbocycles. The van der Waals surface area contributed by atoms with Gasteiger partial charge in [0.05, 0.1) is 18.7 Å². The van der Waals surface area contributed by atoms with Crippen LogP contribution in [0.2, 0.25) is 0 Å². The molecule has 1 aromatic carbocycles. The van der Waals surface area contributed by atoms with E-state index in [0.29, 0.717) is 18.6 Å². The van der Waals surface area contributed by atoms with E-state index in [1.807, 2.05) is 30.3 Å². The van der Waals surface area contributed by atoms with Gasteiger partial charge in [-0.1, -0.05) is 18.2 Å². The number of nitrogens with one attached hydrogen (secondary N) is 1. The van der Waals surface area contributed by atoms with Crippen molar-refractivity contribution in [3.8, 4) is 0 Å². The Labute approximate surface area is 111 Å². The maximum absolute atomic E-state index is 12.4. The van der Waals surface area contributed by atoms with Crippen molar-refractivity contribution in [2.24, 2.45) is 0 Å². The van der Waals surface area contributed by atoms with E-state index in [9.17, 15) is 4.79 Å². The van der Waals surface area contributed by atoms with Crippen LogP contribution in [0.25, 0.3) is 10.9 Å². The Morgan fingerprint density at radius 2 is 2.26 bits per heavy atom. The molecule has 0 bridgehead atoms. The van der Waals surface area contributed by atoms with E-state index in [1.54, 1.807) is 6.20 Å². The first-order valence-electron chi connectivity index (χ1n) is 6.52. The quantitative estimate of drug-likeness (QED) is 0.851. The molecule has 4 heteroatoms. The molecular weight excluding hydrogens is 240 g/mol. The summed E-state index contributed by atoms with van der Waals surface area (Å²) < 4.78 is 5.38. The predicted octanol–water partition coefficient (Wildman–Crippen LogP) is 1.80. The fraction of sp³-hybridized carbons (Fsp3) is 0.333. The third kappa shape index (κ3) is 2.64. The van der Waals surface area contributed by atoms with Gasteiger partial charge in [-0.15, -0.1) is 0 Å². The van der Waals surface area contributed by atoms with Crippen molar-refractivity contribution in [2.45, 2.75) is 12.5 Å². The van der Waals surface area contributed by atoms with Crippen LogP contribution in [-0.2, 0) is 4.74 Å². The summed E-state index contributed by atoms with van der Waals surface area (Å²) >= 11 is 0. The fourth-order valence-corrected chi connectivity index (χ4v) is 2.41. The summed E-state index contributed by atoms with van der Waals surface area (Å²) in [7, 11) is 0. The number of Topliss-reactive ketones (excluding diaryl/α,β-unsaturated/α-hetero) is 1. The van der Waals surface area contributed by atoms with E-state index in [4.69, 9.17) is 4.74 Å². The van der Waals surface area contributed by atoms with Crippen LogP contribution < -0.4 is 5.32 Å². The highest BCUT2D eigenvalue weighted by Crippen LogP contribution is 2.18. The molecule has 19 heavy (non-hydrogen) atoms. The lowest BCUT2D eigenvalue weighted by molar-refractivity contribution is 0.0676. The lowest BCUT2D eigenvalue weighted by Crippen LogP contribution is -2.42. The highest BCUT2D eigenvalue weighted by atomic mass is 16.5. The van der Waals surface area contributed by atoms with Crippen LogP contribution in [0.5, 0.6) is 0 Å². The molecular formula is C15H16N2O2. The molecule has 1 aliphatic heterocycles. The smallest absolute Gasteiger partial charge is 0.166 e. The molecule has 0 radical (unpaired) electrons. The number of carbonyl (C=O) groups excluding carboxylic acids is 1. The Kier molecular flexibility index (Phi) is 3.53. The molecule has 1 aromatic heterocycles. The molecule has 4 nitrogen and oxygen atoms in total. The minimum absolute atomic E-state index is 0.111. The number of ketones is 1. The Morgan fingerprint density at radius 3 is 3.11 bits per heavy atom. The number of fused-ring (bicyclic) bond motifs is 1. The van der Waals surface area contributed by atoms with E-state index < -0.39 is 0 Å². The van der Waals surface area contributed by atoms with Crippen LogP contribution in [0.15, 0.2) is 36.5 Å². The molecule has 1 atom stereocenters. The average molecular weight is 256 g/mol. The zero-order valence-corrected chi connectivity index (χ0v) is 10.6. The van der Waals surface area contributed by atoms with Gasteiger partial charge < -0.3 is 10.1 Å². The van der Waals surface area contributed by atoms with Gasteiger partial charge in [0, 0.05) is 36.2 Å². The molecule has 0 spiro atoms. The fourth-order valence-electron chi connectivity index (χ4n) is 2.41. The van der Waals surface area contributed by atoms with Crippen LogP contribution >= 0.6 is 0 Å². The summed E-state index contributed by atoms with van der Waals surface area (Å²) in [6, 6.07) is 9.69. The molecule has 0 amide bonds. The van der Waals surface area contributed by atoms with E-state index in [1.165, 1.54) is 0 Å². The Hall–Kier alpha value is -1.78. The molecule has 1 fully saturated rings. The second-order valence-corrected chi connectivity index (χ2v) is 4.73. The minimum Gasteiger partial charge on any atom is -0.378 e. The van der Waals surface area contributed by atoms with Crippen molar-refractivity contribution >= 4 is 16.7 Å². The second kappa shape index (κ2) is 5.47. The third-order valence-electron chi connectivity index (χ3n) is 3.36. The standard InChI is InChI=1S/C15H16N2O2/c18-14(9-12-10-19-8-7-16-12)13-5-1-3-11-4-2-6-17-15(11)13/h1-6,12,16H,7-10H2. The van der Waals surface area contributed by atoms with Gasteiger partial charge in [-0.05, 0) is 12.1 Å². The van der Waals surface area contributed by atoms with Gasteiger partial charge in [-0.3, -0.25) is 9.78 Å². The molecule has 2 heterocycles. The number of ether oxygens (including phenoxy) is 1. The van der Waals surface area contributed by atoms with E-state index >= 15 is 0 Å². The van der Waals surface area contributed by atoms with Gasteiger partial charge >= 0.3 is 0 Å². The number of hydrogen-bond acceptors (Lipinski definition) is 4. The van der Waals surface area contributed by atoms with Gasteiger partial charge in [0.15, 0.2) is 5.78 Å². The summed E-state index contributed by atoms with van der Waals surface area (Å²) in [6.07, 6.45) is 2.18. The third-order valence-corrected chi connectivity index (χ3v) is 3.36. The van der Waals surface area contributed by atoms with Crippen molar-refractivity contribution in [3.05, 3.63) is 42.1 Å². The number of carbonyl (C=O) groups is 1. The first-order valence-corrected chi connectivity index (χ1v) is 6.52. The molecule has 2 aromatic rings. The summed E-state index contributed by atoms with van der Waals surface area (Å²) in [5.74, 6) is 0.118. The summed E-state index contributed by atoms with van der Waals surface area (Å²) in [5.41, 5.74) is 1.48. The van der Waals surface area contributed by atoms with Gasteiger partial charge in [0.25, 0.3) is 0 Å². The van der Waals surface area contributed by atoms with Crippen molar-refractivity contribution in [1.29, 1.82) is 0 Å². The number of pyridine rings is 1. The number of hydrogen-bond donors (Lipinski definition) is 1. The number of morpholine rings is 1. The summed E-state index contributed by atoms with van der Waals surface area (Å²) in [4.78, 5) is 16.7. The molecule has 98 valence electrons. The molecule has 0 aliphatic carbocycles. The molecule has 1 aliphatic rings. The van der Waals surface area contributed by atoms with Crippen molar-refractivity contribution < 1.29 is 9.53 Å². The van der Waals surface area contributed by atoms with Crippen LogP contribution in [0.4, 0.5) is 0 Å². The van der Waals surface area contributed by atoms with Crippen molar-refractivity contribution in [1.82, 2.24) is 10.3 Å². The predicted molar refractivity (Wildman–Crippen MR) is 73.3 cm³/mol. The van der Waals surface area contributed by atoms with Crippen molar-refractivity contribution in [3.63, 3.8) is 0 Å². The maximum atomic E-state index is 12.4. The van der Waals surface area contributed by atoms with Crippen molar-refractivity contribution in [2.75, 3.05) is 19.8 Å². The molecule has 1 N–H and O–H groups in total. The van der Waals surface area contributed by atoms with E-state index in [2.05, 4.69) is 10.3 Å². The molecule has 1 saturated heterocycles. The lowest BCUT2D eigenvalue weighted by atomic mass is 10.0. The largest absolute Gasteiger partial charge is 0.378 e. The van der Waals surface area contributed by atoms with Crippen LogP contribution in [0, 0.1) is 0 Å². The normalized spacial score (nSPS) is 19.5. The first kappa shape index (κ1) is 12.3. The number of nitrogens with zero attached hydrogens (tertiary/aromatic N) is 1. The highest BCUT2D eigenvalue weighted by Gasteiger charge is 2.19. The Balaban J connectivity index is 1.85. The van der Waals surface area contributed by atoms with Gasteiger partial charge in [0.2, 0.25) is 0 Å². The summed E-state index contributed by atoms with van der Waals surface area (Å²) in [5, 5.41) is 4.30. The van der Waals surface area contributed by atoms with Crippen LogP contribution in [0.3, 0.4) is 0 Å². The Morgan fingerprint density at radius 1 is 1.37 bits per heavy atom. The Bertz CT molecular complexity index is 586. The number of benzene rings is 1. The monoisotopic (exact) mass is 256 g/mol.